The minimum absolute atomic E-state index is 0.200. The summed E-state index contributed by atoms with van der Waals surface area (Å²) in [5.74, 6) is -1.20. The van der Waals surface area contributed by atoms with Crippen LogP contribution in [0, 0.1) is 6.92 Å². The molecule has 2 N–H and O–H groups in total. The molecule has 0 heterocycles. The summed E-state index contributed by atoms with van der Waals surface area (Å²) in [7, 11) is 0. The maximum atomic E-state index is 12.6. The van der Waals surface area contributed by atoms with Crippen LogP contribution in [-0.2, 0) is 0 Å². The first-order valence-corrected chi connectivity index (χ1v) is 7.19. The predicted octanol–water partition coefficient (Wildman–Crippen LogP) is 4.10. The summed E-state index contributed by atoms with van der Waals surface area (Å²) in [4.78, 5) is 23.5. The molecule has 0 radical (unpaired) electrons. The topological polar surface area (TPSA) is 66.4 Å². The highest BCUT2D eigenvalue weighted by Crippen LogP contribution is 2.22. The van der Waals surface area contributed by atoms with Gasteiger partial charge in [0, 0.05) is 11.3 Å². The number of amides is 1. The molecule has 23 heavy (non-hydrogen) atoms. The van der Waals surface area contributed by atoms with E-state index in [4.69, 9.17) is 5.11 Å². The number of anilines is 1. The number of hydrogen-bond donors (Lipinski definition) is 2. The highest BCUT2D eigenvalue weighted by Gasteiger charge is 2.12. The van der Waals surface area contributed by atoms with Gasteiger partial charge in [0.1, 0.15) is 0 Å². The van der Waals surface area contributed by atoms with E-state index in [1.165, 1.54) is 6.07 Å². The number of aryl methyl sites for hydroxylation is 1. The normalized spacial score (nSPS) is 10.5. The largest absolute Gasteiger partial charge is 0.478 e. The first-order chi connectivity index (χ1) is 11.1. The Morgan fingerprint density at radius 1 is 0.957 bits per heavy atom. The van der Waals surface area contributed by atoms with E-state index in [2.05, 4.69) is 5.32 Å². The summed E-state index contributed by atoms with van der Waals surface area (Å²) in [6.07, 6.45) is 0. The van der Waals surface area contributed by atoms with Gasteiger partial charge in [0.25, 0.3) is 5.91 Å². The summed E-state index contributed by atoms with van der Waals surface area (Å²) in [5, 5.41) is 13.7. The predicted molar refractivity (Wildman–Crippen MR) is 90.0 cm³/mol. The van der Waals surface area contributed by atoms with Gasteiger partial charge in [-0.05, 0) is 47.5 Å². The zero-order valence-electron chi connectivity index (χ0n) is 12.5. The Bertz CT molecular complexity index is 910. The van der Waals surface area contributed by atoms with Gasteiger partial charge in [-0.2, -0.15) is 0 Å². The van der Waals surface area contributed by atoms with Crippen molar-refractivity contribution in [2.45, 2.75) is 6.92 Å². The van der Waals surface area contributed by atoms with Crippen molar-refractivity contribution in [1.82, 2.24) is 0 Å². The molecule has 3 aromatic carbocycles. The van der Waals surface area contributed by atoms with Crippen LogP contribution in [0.25, 0.3) is 10.8 Å². The van der Waals surface area contributed by atoms with Crippen LogP contribution in [0.1, 0.15) is 26.3 Å². The Labute approximate surface area is 133 Å². The lowest BCUT2D eigenvalue weighted by atomic mass is 10.0. The van der Waals surface area contributed by atoms with Crippen molar-refractivity contribution in [1.29, 1.82) is 0 Å². The van der Waals surface area contributed by atoms with Gasteiger partial charge < -0.3 is 10.4 Å². The second-order valence-corrected chi connectivity index (χ2v) is 5.32. The third kappa shape index (κ3) is 2.92. The van der Waals surface area contributed by atoms with Crippen molar-refractivity contribution in [2.75, 3.05) is 5.32 Å². The number of aromatic carboxylic acids is 1. The van der Waals surface area contributed by atoms with Gasteiger partial charge in [-0.15, -0.1) is 0 Å². The summed E-state index contributed by atoms with van der Waals surface area (Å²) in [5.41, 5.74) is 2.10. The summed E-state index contributed by atoms with van der Waals surface area (Å²) >= 11 is 0. The van der Waals surface area contributed by atoms with Crippen LogP contribution in [0.5, 0.6) is 0 Å². The first kappa shape index (κ1) is 14.8. The minimum atomic E-state index is -0.986. The van der Waals surface area contributed by atoms with Crippen molar-refractivity contribution in [3.05, 3.63) is 77.4 Å². The van der Waals surface area contributed by atoms with Gasteiger partial charge in [-0.25, -0.2) is 4.79 Å². The summed E-state index contributed by atoms with van der Waals surface area (Å²) in [6, 6.07) is 17.9. The molecular formula is C19H15NO3. The van der Waals surface area contributed by atoms with Gasteiger partial charge in [0.2, 0.25) is 0 Å². The van der Waals surface area contributed by atoms with Crippen molar-refractivity contribution < 1.29 is 14.7 Å². The lowest BCUT2D eigenvalue weighted by Gasteiger charge is -2.11. The quantitative estimate of drug-likeness (QED) is 0.765. The van der Waals surface area contributed by atoms with Crippen LogP contribution in [0.15, 0.2) is 60.7 Å². The third-order valence-electron chi connectivity index (χ3n) is 3.76. The van der Waals surface area contributed by atoms with Crippen molar-refractivity contribution in [3.8, 4) is 0 Å². The number of carbonyl (C=O) groups excluding carboxylic acids is 1. The van der Waals surface area contributed by atoms with Gasteiger partial charge in [0.15, 0.2) is 0 Å². The molecule has 0 fully saturated rings. The van der Waals surface area contributed by atoms with Crippen molar-refractivity contribution in [3.63, 3.8) is 0 Å². The monoisotopic (exact) mass is 305 g/mol. The summed E-state index contributed by atoms with van der Waals surface area (Å²) < 4.78 is 0. The Morgan fingerprint density at radius 2 is 1.70 bits per heavy atom. The minimum Gasteiger partial charge on any atom is -0.478 e. The summed E-state index contributed by atoms with van der Waals surface area (Å²) in [6.45, 7) is 1.77. The van der Waals surface area contributed by atoms with E-state index in [0.29, 0.717) is 16.8 Å². The van der Waals surface area contributed by atoms with Crippen molar-refractivity contribution >= 4 is 28.3 Å². The van der Waals surface area contributed by atoms with Gasteiger partial charge in [-0.1, -0.05) is 36.4 Å². The van der Waals surface area contributed by atoms with Gasteiger partial charge >= 0.3 is 5.97 Å². The Balaban J connectivity index is 1.94. The van der Waals surface area contributed by atoms with E-state index in [1.54, 1.807) is 25.1 Å². The molecule has 0 aliphatic rings. The molecule has 0 aliphatic heterocycles. The fraction of sp³-hybridized carbons (Fsp3) is 0.0526. The molecule has 4 heteroatoms. The molecule has 0 saturated heterocycles. The molecule has 0 unspecified atom stereocenters. The van der Waals surface area contributed by atoms with E-state index >= 15 is 0 Å². The highest BCUT2D eigenvalue weighted by molar-refractivity contribution is 6.13. The van der Waals surface area contributed by atoms with Crippen LogP contribution in [0.2, 0.25) is 0 Å². The molecular weight excluding hydrogens is 290 g/mol. The van der Waals surface area contributed by atoms with E-state index in [1.807, 2.05) is 36.4 Å². The number of carboxylic acid groups (broad SMARTS) is 1. The number of carbonyl (C=O) groups is 2. The van der Waals surface area contributed by atoms with E-state index in [0.717, 1.165) is 10.8 Å². The Morgan fingerprint density at radius 3 is 2.43 bits per heavy atom. The van der Waals surface area contributed by atoms with Crippen LogP contribution >= 0.6 is 0 Å². The Hall–Kier alpha value is -3.14. The zero-order valence-corrected chi connectivity index (χ0v) is 12.5. The molecule has 4 nitrogen and oxygen atoms in total. The number of benzene rings is 3. The second-order valence-electron chi connectivity index (χ2n) is 5.32. The standard InChI is InChI=1S/C19H15NO3/c1-12-11-14(19(22)23)9-10-17(12)20-18(21)16-8-4-6-13-5-2-3-7-15(13)16/h2-11H,1H3,(H,20,21)(H,22,23). The fourth-order valence-corrected chi connectivity index (χ4v) is 2.55. The lowest BCUT2D eigenvalue weighted by Crippen LogP contribution is -2.13. The van der Waals surface area contributed by atoms with E-state index < -0.39 is 5.97 Å². The molecule has 0 spiro atoms. The lowest BCUT2D eigenvalue weighted by molar-refractivity contribution is 0.0696. The van der Waals surface area contributed by atoms with Crippen LogP contribution < -0.4 is 5.32 Å². The number of carboxylic acids is 1. The number of nitrogens with one attached hydrogen (secondary N) is 1. The molecule has 0 aliphatic carbocycles. The maximum Gasteiger partial charge on any atom is 0.335 e. The smallest absolute Gasteiger partial charge is 0.335 e. The van der Waals surface area contributed by atoms with Gasteiger partial charge in [0.05, 0.1) is 5.56 Å². The molecule has 3 aromatic rings. The van der Waals surface area contributed by atoms with Crippen LogP contribution in [0.3, 0.4) is 0 Å². The van der Waals surface area contributed by atoms with Crippen LogP contribution in [0.4, 0.5) is 5.69 Å². The SMILES string of the molecule is Cc1cc(C(=O)O)ccc1NC(=O)c1cccc2ccccc12. The number of hydrogen-bond acceptors (Lipinski definition) is 2. The first-order valence-electron chi connectivity index (χ1n) is 7.19. The molecule has 0 aromatic heterocycles. The fourth-order valence-electron chi connectivity index (χ4n) is 2.55. The Kier molecular flexibility index (Phi) is 3.81. The van der Waals surface area contributed by atoms with Crippen molar-refractivity contribution in [2.24, 2.45) is 0 Å². The zero-order chi connectivity index (χ0) is 16.4. The molecule has 114 valence electrons. The van der Waals surface area contributed by atoms with E-state index in [9.17, 15) is 9.59 Å². The van der Waals surface area contributed by atoms with E-state index in [-0.39, 0.29) is 11.5 Å². The molecule has 0 saturated carbocycles. The molecule has 1 amide bonds. The van der Waals surface area contributed by atoms with Crippen LogP contribution in [-0.4, -0.2) is 17.0 Å². The molecule has 0 bridgehead atoms. The molecule has 3 rings (SSSR count). The number of rotatable bonds is 3. The number of fused-ring (bicyclic) bond motifs is 1. The maximum absolute atomic E-state index is 12.6. The van der Waals surface area contributed by atoms with Gasteiger partial charge in [-0.3, -0.25) is 4.79 Å². The average Bonchev–Trinajstić information content (AvgIpc) is 2.56. The second kappa shape index (κ2) is 5.93. The third-order valence-corrected chi connectivity index (χ3v) is 3.76. The highest BCUT2D eigenvalue weighted by atomic mass is 16.4. The average molecular weight is 305 g/mol. The molecule has 0 atom stereocenters.